The van der Waals surface area contributed by atoms with Crippen molar-refractivity contribution in [2.45, 2.75) is 323 Å². The molecule has 0 spiro atoms. The van der Waals surface area contributed by atoms with Crippen LogP contribution in [0.2, 0.25) is 0 Å². The molecule has 63 heavy (non-hydrogen) atoms. The van der Waals surface area contributed by atoms with Gasteiger partial charge in [-0.25, -0.2) is 0 Å². The highest BCUT2D eigenvalue weighted by Gasteiger charge is 2.19. The summed E-state index contributed by atoms with van der Waals surface area (Å²) in [6.45, 7) is 11.4. The molecule has 6 heteroatoms. The number of carbonyl (C=O) groups excluding carboxylic acids is 3. The van der Waals surface area contributed by atoms with Crippen LogP contribution in [0.3, 0.4) is 0 Å². The van der Waals surface area contributed by atoms with E-state index in [9.17, 15) is 14.4 Å². The second kappa shape index (κ2) is 49.8. The zero-order valence-corrected chi connectivity index (χ0v) is 43.2. The zero-order chi connectivity index (χ0) is 46.1. The smallest absolute Gasteiger partial charge is 0.306 e. The molecule has 0 saturated carbocycles. The molecule has 0 aromatic heterocycles. The lowest BCUT2D eigenvalue weighted by molar-refractivity contribution is -0.167. The first-order chi connectivity index (χ1) is 30.8. The minimum Gasteiger partial charge on any atom is -0.462 e. The first kappa shape index (κ1) is 61.4. The molecule has 2 atom stereocenters. The number of hydrogen-bond donors (Lipinski definition) is 0. The Morgan fingerprint density at radius 2 is 0.603 bits per heavy atom. The molecule has 0 heterocycles. The molecule has 6 nitrogen and oxygen atoms in total. The summed E-state index contributed by atoms with van der Waals surface area (Å²) < 4.78 is 16.9. The molecule has 0 aromatic carbocycles. The van der Waals surface area contributed by atoms with Gasteiger partial charge in [0.25, 0.3) is 0 Å². The molecule has 0 aromatic rings. The molecular formula is C57H110O6. The van der Waals surface area contributed by atoms with Crippen LogP contribution in [-0.2, 0) is 28.6 Å². The van der Waals surface area contributed by atoms with Gasteiger partial charge in [0.1, 0.15) is 13.2 Å². The summed E-state index contributed by atoms with van der Waals surface area (Å²) in [6.07, 6.45) is 52.4. The SMILES string of the molecule is CCCCCCCCCCCCCCCCCCCCC(=O)OC[C@H](COC(=O)CCCCCCCCCCCCCCCCC(C)C)OC(=O)CCCCCCCCC(C)CC. The van der Waals surface area contributed by atoms with Gasteiger partial charge >= 0.3 is 17.9 Å². The predicted molar refractivity (Wildman–Crippen MR) is 270 cm³/mol. The summed E-state index contributed by atoms with van der Waals surface area (Å²) in [7, 11) is 0. The summed E-state index contributed by atoms with van der Waals surface area (Å²) in [5.41, 5.74) is 0. The van der Waals surface area contributed by atoms with E-state index in [0.29, 0.717) is 19.3 Å². The first-order valence-electron chi connectivity index (χ1n) is 28.3. The van der Waals surface area contributed by atoms with Gasteiger partial charge in [0.05, 0.1) is 0 Å². The lowest BCUT2D eigenvalue weighted by atomic mass is 10.00. The molecule has 0 rings (SSSR count). The van der Waals surface area contributed by atoms with Gasteiger partial charge in [-0.3, -0.25) is 14.4 Å². The summed E-state index contributed by atoms with van der Waals surface area (Å²) >= 11 is 0. The normalized spacial score (nSPS) is 12.5. The van der Waals surface area contributed by atoms with Gasteiger partial charge in [-0.1, -0.05) is 279 Å². The van der Waals surface area contributed by atoms with E-state index in [1.165, 1.54) is 205 Å². The lowest BCUT2D eigenvalue weighted by Gasteiger charge is -2.18. The molecule has 0 fully saturated rings. The topological polar surface area (TPSA) is 78.9 Å². The lowest BCUT2D eigenvalue weighted by Crippen LogP contribution is -2.30. The maximum atomic E-state index is 12.8. The van der Waals surface area contributed by atoms with Gasteiger partial charge in [-0.2, -0.15) is 0 Å². The third kappa shape index (κ3) is 49.7. The van der Waals surface area contributed by atoms with Crippen LogP contribution in [0.25, 0.3) is 0 Å². The molecule has 0 aliphatic rings. The maximum Gasteiger partial charge on any atom is 0.306 e. The average Bonchev–Trinajstić information content (AvgIpc) is 3.27. The van der Waals surface area contributed by atoms with E-state index < -0.39 is 6.10 Å². The van der Waals surface area contributed by atoms with Crippen molar-refractivity contribution in [3.8, 4) is 0 Å². The number of hydrogen-bond acceptors (Lipinski definition) is 6. The fraction of sp³-hybridized carbons (Fsp3) is 0.947. The van der Waals surface area contributed by atoms with Gasteiger partial charge in [0, 0.05) is 19.3 Å². The standard InChI is InChI=1S/C57H110O6/c1-6-8-9-10-11-12-13-14-15-16-17-18-22-25-28-31-37-42-47-55(58)61-50-54(63-57(60)49-44-39-34-33-36-41-46-53(5)7-2)51-62-56(59)48-43-38-32-29-26-23-20-19-21-24-27-30-35-40-45-52(3)4/h52-54H,6-51H2,1-5H3/t53?,54-/m1/s1. The monoisotopic (exact) mass is 891 g/mol. The third-order valence-corrected chi connectivity index (χ3v) is 13.3. The Balaban J connectivity index is 4.23. The molecule has 0 bridgehead atoms. The quantitative estimate of drug-likeness (QED) is 0.0344. The molecule has 1 unspecified atom stereocenters. The largest absolute Gasteiger partial charge is 0.462 e. The molecule has 0 radical (unpaired) electrons. The Bertz CT molecular complexity index is 964. The average molecular weight is 892 g/mol. The van der Waals surface area contributed by atoms with Crippen molar-refractivity contribution in [1.29, 1.82) is 0 Å². The van der Waals surface area contributed by atoms with Crippen LogP contribution in [0.1, 0.15) is 317 Å². The summed E-state index contributed by atoms with van der Waals surface area (Å²) in [6, 6.07) is 0. The third-order valence-electron chi connectivity index (χ3n) is 13.3. The minimum atomic E-state index is -0.763. The number of ether oxygens (including phenoxy) is 3. The van der Waals surface area contributed by atoms with E-state index in [1.807, 2.05) is 0 Å². The molecule has 0 saturated heterocycles. The van der Waals surface area contributed by atoms with E-state index in [2.05, 4.69) is 34.6 Å². The van der Waals surface area contributed by atoms with Crippen LogP contribution in [0.15, 0.2) is 0 Å². The Morgan fingerprint density at radius 1 is 0.333 bits per heavy atom. The Hall–Kier alpha value is -1.59. The fourth-order valence-corrected chi connectivity index (χ4v) is 8.66. The molecule has 374 valence electrons. The van der Waals surface area contributed by atoms with Crippen molar-refractivity contribution in [2.75, 3.05) is 13.2 Å². The van der Waals surface area contributed by atoms with Crippen LogP contribution in [0.4, 0.5) is 0 Å². The maximum absolute atomic E-state index is 12.8. The van der Waals surface area contributed by atoms with Crippen molar-refractivity contribution in [1.82, 2.24) is 0 Å². The van der Waals surface area contributed by atoms with Gasteiger partial charge in [-0.05, 0) is 31.1 Å². The van der Waals surface area contributed by atoms with Crippen LogP contribution >= 0.6 is 0 Å². The summed E-state index contributed by atoms with van der Waals surface area (Å²) in [5, 5.41) is 0. The van der Waals surface area contributed by atoms with Crippen molar-refractivity contribution in [3.05, 3.63) is 0 Å². The Morgan fingerprint density at radius 3 is 0.905 bits per heavy atom. The van der Waals surface area contributed by atoms with Gasteiger partial charge < -0.3 is 14.2 Å². The molecule has 0 N–H and O–H groups in total. The van der Waals surface area contributed by atoms with Crippen molar-refractivity contribution in [3.63, 3.8) is 0 Å². The van der Waals surface area contributed by atoms with Crippen LogP contribution in [0.5, 0.6) is 0 Å². The van der Waals surface area contributed by atoms with Crippen molar-refractivity contribution >= 4 is 17.9 Å². The molecule has 0 aliphatic heterocycles. The number of unbranched alkanes of at least 4 members (excludes halogenated alkanes) is 35. The molecular weight excluding hydrogens is 781 g/mol. The zero-order valence-electron chi connectivity index (χ0n) is 43.2. The second-order valence-corrected chi connectivity index (χ2v) is 20.3. The highest BCUT2D eigenvalue weighted by molar-refractivity contribution is 5.71. The Labute approximate surface area is 393 Å². The highest BCUT2D eigenvalue weighted by Crippen LogP contribution is 2.18. The molecule has 0 amide bonds. The van der Waals surface area contributed by atoms with Gasteiger partial charge in [-0.15, -0.1) is 0 Å². The first-order valence-corrected chi connectivity index (χ1v) is 28.3. The van der Waals surface area contributed by atoms with Crippen LogP contribution in [-0.4, -0.2) is 37.2 Å². The van der Waals surface area contributed by atoms with E-state index >= 15 is 0 Å². The van der Waals surface area contributed by atoms with Crippen LogP contribution < -0.4 is 0 Å². The predicted octanol–water partition coefficient (Wildman–Crippen LogP) is 18.5. The second-order valence-electron chi connectivity index (χ2n) is 20.3. The highest BCUT2D eigenvalue weighted by atomic mass is 16.6. The fourth-order valence-electron chi connectivity index (χ4n) is 8.66. The number of esters is 3. The van der Waals surface area contributed by atoms with Crippen molar-refractivity contribution in [2.24, 2.45) is 11.8 Å². The minimum absolute atomic E-state index is 0.0640. The Kier molecular flexibility index (Phi) is 48.6. The van der Waals surface area contributed by atoms with E-state index in [4.69, 9.17) is 14.2 Å². The van der Waals surface area contributed by atoms with Gasteiger partial charge in [0.2, 0.25) is 0 Å². The van der Waals surface area contributed by atoms with E-state index in [0.717, 1.165) is 69.6 Å². The summed E-state index contributed by atoms with van der Waals surface area (Å²) in [4.78, 5) is 38.0. The molecule has 0 aliphatic carbocycles. The van der Waals surface area contributed by atoms with E-state index in [-0.39, 0.29) is 31.1 Å². The van der Waals surface area contributed by atoms with Gasteiger partial charge in [0.15, 0.2) is 6.10 Å². The number of carbonyl (C=O) groups is 3. The number of rotatable bonds is 51. The summed E-state index contributed by atoms with van der Waals surface area (Å²) in [5.74, 6) is 0.809. The van der Waals surface area contributed by atoms with Crippen LogP contribution in [0, 0.1) is 11.8 Å². The van der Waals surface area contributed by atoms with E-state index in [1.54, 1.807) is 0 Å². The van der Waals surface area contributed by atoms with Crippen molar-refractivity contribution < 1.29 is 28.6 Å².